The highest BCUT2D eigenvalue weighted by molar-refractivity contribution is 5.14. The molecule has 0 aromatic carbocycles. The Morgan fingerprint density at radius 1 is 1.50 bits per heavy atom. The van der Waals surface area contributed by atoms with Gasteiger partial charge < -0.3 is 0 Å². The molecule has 0 spiro atoms. The average Bonchev–Trinajstić information content (AvgIpc) is 2.45. The monoisotopic (exact) mass is 137 g/mol. The van der Waals surface area contributed by atoms with Crippen LogP contribution in [0.1, 0.15) is 31.4 Å². The minimum absolute atomic E-state index is 0.335. The van der Waals surface area contributed by atoms with Gasteiger partial charge in [0.25, 0.3) is 0 Å². The van der Waals surface area contributed by atoms with E-state index in [1.54, 1.807) is 0 Å². The summed E-state index contributed by atoms with van der Waals surface area (Å²) in [6.45, 7) is 4.12. The average molecular weight is 137 g/mol. The zero-order valence-electron chi connectivity index (χ0n) is 6.31. The van der Waals surface area contributed by atoms with E-state index in [4.69, 9.17) is 0 Å². The lowest BCUT2D eigenvalue weighted by atomic mass is 10.1. The predicted molar refractivity (Wildman–Crippen MR) is 37.7 cm³/mol. The van der Waals surface area contributed by atoms with Crippen LogP contribution < -0.4 is 0 Å². The number of nitrogens with zero attached hydrogens (tertiary/aromatic N) is 2. The molecule has 1 aliphatic rings. The van der Waals surface area contributed by atoms with Gasteiger partial charge in [-0.15, -0.1) is 0 Å². The summed E-state index contributed by atoms with van der Waals surface area (Å²) in [4.78, 5) is 4.28. The molecule has 1 aromatic heterocycles. The van der Waals surface area contributed by atoms with Gasteiger partial charge in [0.1, 0.15) is 11.6 Å². The summed E-state index contributed by atoms with van der Waals surface area (Å²) >= 11 is 0. The SMILES string of the molecule is Cc1n[nH]c(C2(C)CC2)n1. The highest BCUT2D eigenvalue weighted by Crippen LogP contribution is 2.45. The van der Waals surface area contributed by atoms with Gasteiger partial charge in [0.2, 0.25) is 0 Å². The fourth-order valence-corrected chi connectivity index (χ4v) is 1.04. The van der Waals surface area contributed by atoms with Crippen molar-refractivity contribution in [2.45, 2.75) is 32.1 Å². The highest BCUT2D eigenvalue weighted by atomic mass is 15.2. The van der Waals surface area contributed by atoms with Gasteiger partial charge in [-0.05, 0) is 19.8 Å². The Morgan fingerprint density at radius 2 is 2.20 bits per heavy atom. The van der Waals surface area contributed by atoms with Gasteiger partial charge in [-0.1, -0.05) is 6.92 Å². The minimum atomic E-state index is 0.335. The number of H-pyrrole nitrogens is 1. The maximum absolute atomic E-state index is 4.28. The number of aryl methyl sites for hydroxylation is 1. The van der Waals surface area contributed by atoms with Crippen LogP contribution in [0.4, 0.5) is 0 Å². The lowest BCUT2D eigenvalue weighted by Crippen LogP contribution is -2.01. The molecule has 0 saturated heterocycles. The second-order valence-corrected chi connectivity index (χ2v) is 3.29. The standard InChI is InChI=1S/C7H11N3/c1-5-8-6(10-9-5)7(2)3-4-7/h3-4H2,1-2H3,(H,8,9,10). The first-order valence-corrected chi connectivity index (χ1v) is 3.60. The van der Waals surface area contributed by atoms with Crippen molar-refractivity contribution in [1.29, 1.82) is 0 Å². The molecule has 0 unspecified atom stereocenters. The van der Waals surface area contributed by atoms with Gasteiger partial charge in [0.15, 0.2) is 0 Å². The first-order valence-electron chi connectivity index (χ1n) is 3.60. The van der Waals surface area contributed by atoms with Gasteiger partial charge in [-0.25, -0.2) is 4.98 Å². The van der Waals surface area contributed by atoms with Crippen molar-refractivity contribution in [3.8, 4) is 0 Å². The Bertz CT molecular complexity index is 247. The van der Waals surface area contributed by atoms with Crippen LogP contribution in [0.3, 0.4) is 0 Å². The Kier molecular flexibility index (Phi) is 0.938. The van der Waals surface area contributed by atoms with Crippen LogP contribution in [0.15, 0.2) is 0 Å². The smallest absolute Gasteiger partial charge is 0.147 e. The fourth-order valence-electron chi connectivity index (χ4n) is 1.04. The van der Waals surface area contributed by atoms with Crippen molar-refractivity contribution in [3.05, 3.63) is 11.6 Å². The van der Waals surface area contributed by atoms with Crippen molar-refractivity contribution in [2.75, 3.05) is 0 Å². The third-order valence-electron chi connectivity index (χ3n) is 2.17. The van der Waals surface area contributed by atoms with E-state index in [2.05, 4.69) is 22.1 Å². The van der Waals surface area contributed by atoms with E-state index in [-0.39, 0.29) is 0 Å². The van der Waals surface area contributed by atoms with Crippen LogP contribution in [-0.4, -0.2) is 15.2 Å². The van der Waals surface area contributed by atoms with Crippen molar-refractivity contribution in [3.63, 3.8) is 0 Å². The Balaban J connectivity index is 2.34. The van der Waals surface area contributed by atoms with Crippen molar-refractivity contribution < 1.29 is 0 Å². The lowest BCUT2D eigenvalue weighted by Gasteiger charge is -1.99. The first kappa shape index (κ1) is 5.89. The predicted octanol–water partition coefficient (Wildman–Crippen LogP) is 1.16. The van der Waals surface area contributed by atoms with Gasteiger partial charge in [-0.2, -0.15) is 5.10 Å². The number of aromatic nitrogens is 3. The van der Waals surface area contributed by atoms with Crippen LogP contribution in [0.5, 0.6) is 0 Å². The third-order valence-corrected chi connectivity index (χ3v) is 2.17. The minimum Gasteiger partial charge on any atom is -0.263 e. The summed E-state index contributed by atoms with van der Waals surface area (Å²) < 4.78 is 0. The van der Waals surface area contributed by atoms with Gasteiger partial charge >= 0.3 is 0 Å². The molecule has 3 nitrogen and oxygen atoms in total. The lowest BCUT2D eigenvalue weighted by molar-refractivity contribution is 0.714. The molecular weight excluding hydrogens is 126 g/mol. The van der Waals surface area contributed by atoms with E-state index in [1.807, 2.05) is 6.92 Å². The van der Waals surface area contributed by atoms with E-state index in [0.717, 1.165) is 11.6 Å². The second-order valence-electron chi connectivity index (χ2n) is 3.29. The quantitative estimate of drug-likeness (QED) is 0.631. The Morgan fingerprint density at radius 3 is 2.60 bits per heavy atom. The molecular formula is C7H11N3. The van der Waals surface area contributed by atoms with E-state index in [9.17, 15) is 0 Å². The molecule has 0 bridgehead atoms. The molecule has 1 aromatic rings. The summed E-state index contributed by atoms with van der Waals surface area (Å²) in [7, 11) is 0. The molecule has 0 radical (unpaired) electrons. The zero-order valence-corrected chi connectivity index (χ0v) is 6.31. The molecule has 0 atom stereocenters. The molecule has 10 heavy (non-hydrogen) atoms. The van der Waals surface area contributed by atoms with Crippen LogP contribution in [0.2, 0.25) is 0 Å². The molecule has 1 saturated carbocycles. The van der Waals surface area contributed by atoms with Gasteiger partial charge in [0, 0.05) is 5.41 Å². The number of hydrogen-bond acceptors (Lipinski definition) is 2. The van der Waals surface area contributed by atoms with E-state index in [1.165, 1.54) is 12.8 Å². The third kappa shape index (κ3) is 0.735. The van der Waals surface area contributed by atoms with Crippen molar-refractivity contribution in [2.24, 2.45) is 0 Å². The largest absolute Gasteiger partial charge is 0.263 e. The molecule has 3 heteroatoms. The summed E-state index contributed by atoms with van der Waals surface area (Å²) in [5.74, 6) is 1.91. The van der Waals surface area contributed by atoms with Crippen molar-refractivity contribution >= 4 is 0 Å². The maximum Gasteiger partial charge on any atom is 0.147 e. The normalized spacial score (nSPS) is 21.0. The van der Waals surface area contributed by atoms with Crippen LogP contribution in [0, 0.1) is 6.92 Å². The Labute approximate surface area is 59.9 Å². The van der Waals surface area contributed by atoms with E-state index < -0.39 is 0 Å². The van der Waals surface area contributed by atoms with Crippen molar-refractivity contribution in [1.82, 2.24) is 15.2 Å². The molecule has 1 fully saturated rings. The first-order chi connectivity index (χ1) is 4.71. The van der Waals surface area contributed by atoms with Gasteiger partial charge in [0.05, 0.1) is 0 Å². The fraction of sp³-hybridized carbons (Fsp3) is 0.714. The van der Waals surface area contributed by atoms with Crippen LogP contribution in [0.25, 0.3) is 0 Å². The number of hydrogen-bond donors (Lipinski definition) is 1. The maximum atomic E-state index is 4.28. The van der Waals surface area contributed by atoms with E-state index in [0.29, 0.717) is 5.41 Å². The zero-order chi connectivity index (χ0) is 7.19. The molecule has 1 aliphatic carbocycles. The molecule has 0 aliphatic heterocycles. The molecule has 1 N–H and O–H groups in total. The Hall–Kier alpha value is -0.860. The number of aromatic amines is 1. The van der Waals surface area contributed by atoms with Crippen LogP contribution >= 0.6 is 0 Å². The van der Waals surface area contributed by atoms with E-state index >= 15 is 0 Å². The number of nitrogens with one attached hydrogen (secondary N) is 1. The summed E-state index contributed by atoms with van der Waals surface area (Å²) in [6.07, 6.45) is 2.50. The van der Waals surface area contributed by atoms with Crippen LogP contribution in [-0.2, 0) is 5.41 Å². The second kappa shape index (κ2) is 1.59. The molecule has 2 rings (SSSR count). The number of rotatable bonds is 1. The molecule has 54 valence electrons. The van der Waals surface area contributed by atoms with Gasteiger partial charge in [-0.3, -0.25) is 5.10 Å². The summed E-state index contributed by atoms with van der Waals surface area (Å²) in [5.41, 5.74) is 0.335. The molecule has 1 heterocycles. The summed E-state index contributed by atoms with van der Waals surface area (Å²) in [5, 5.41) is 6.93. The topological polar surface area (TPSA) is 41.6 Å². The highest BCUT2D eigenvalue weighted by Gasteiger charge is 2.42. The summed E-state index contributed by atoms with van der Waals surface area (Å²) in [6, 6.07) is 0. The molecule has 0 amide bonds.